The molecule has 7 nitrogen and oxygen atoms in total. The van der Waals surface area contributed by atoms with Crippen molar-refractivity contribution in [2.24, 2.45) is 0 Å². The first-order valence-electron chi connectivity index (χ1n) is 8.04. The Morgan fingerprint density at radius 1 is 1.36 bits per heavy atom. The van der Waals surface area contributed by atoms with E-state index in [0.717, 1.165) is 49.8 Å². The van der Waals surface area contributed by atoms with Gasteiger partial charge < -0.3 is 15.0 Å². The number of carbonyl (C=O) groups is 2. The van der Waals surface area contributed by atoms with Crippen LogP contribution in [0.4, 0.5) is 4.79 Å². The van der Waals surface area contributed by atoms with Crippen molar-refractivity contribution in [3.05, 3.63) is 17.0 Å². The van der Waals surface area contributed by atoms with E-state index in [1.54, 1.807) is 4.90 Å². The van der Waals surface area contributed by atoms with E-state index in [-0.39, 0.29) is 18.1 Å². The van der Waals surface area contributed by atoms with E-state index in [9.17, 15) is 9.59 Å². The lowest BCUT2D eigenvalue weighted by atomic mass is 9.96. The Labute approximate surface area is 128 Å². The Kier molecular flexibility index (Phi) is 3.28. The van der Waals surface area contributed by atoms with Crippen molar-refractivity contribution in [2.45, 2.75) is 50.7 Å². The van der Waals surface area contributed by atoms with E-state index in [2.05, 4.69) is 15.5 Å². The fourth-order valence-electron chi connectivity index (χ4n) is 3.29. The van der Waals surface area contributed by atoms with Crippen molar-refractivity contribution in [1.29, 1.82) is 0 Å². The van der Waals surface area contributed by atoms with Crippen molar-refractivity contribution in [2.75, 3.05) is 13.1 Å². The first-order valence-corrected chi connectivity index (χ1v) is 8.04. The average molecular weight is 304 g/mol. The Hall–Kier alpha value is -2.05. The Balaban J connectivity index is 1.35. The molecule has 2 N–H and O–H groups in total. The number of amides is 2. The van der Waals surface area contributed by atoms with Crippen LogP contribution in [0.2, 0.25) is 0 Å². The van der Waals surface area contributed by atoms with Crippen molar-refractivity contribution in [1.82, 2.24) is 20.4 Å². The lowest BCUT2D eigenvalue weighted by Crippen LogP contribution is -2.35. The third kappa shape index (κ3) is 2.44. The van der Waals surface area contributed by atoms with E-state index in [4.69, 9.17) is 4.74 Å². The summed E-state index contributed by atoms with van der Waals surface area (Å²) in [7, 11) is 0. The van der Waals surface area contributed by atoms with Gasteiger partial charge in [-0.2, -0.15) is 5.10 Å². The smallest absolute Gasteiger partial charge is 0.410 e. The van der Waals surface area contributed by atoms with Crippen molar-refractivity contribution < 1.29 is 14.3 Å². The fraction of sp³-hybridized carbons (Fsp3) is 0.667. The van der Waals surface area contributed by atoms with Gasteiger partial charge in [0.15, 0.2) is 5.69 Å². The standard InChI is InChI=1S/C15H20N4O3/c20-14(13-11-3-1-2-4-12(11)17-18-13)16-7-10-8-19(9-5-6-9)15(21)22-10/h9-10H,1-8H2,(H,16,20)(H,17,18). The highest BCUT2D eigenvalue weighted by molar-refractivity contribution is 5.94. The van der Waals surface area contributed by atoms with E-state index in [1.807, 2.05) is 0 Å². The van der Waals surface area contributed by atoms with Crippen LogP contribution < -0.4 is 5.32 Å². The molecule has 1 saturated carbocycles. The molecule has 3 aliphatic rings. The molecule has 118 valence electrons. The summed E-state index contributed by atoms with van der Waals surface area (Å²) in [6.45, 7) is 0.915. The van der Waals surface area contributed by atoms with Crippen LogP contribution in [0, 0.1) is 0 Å². The van der Waals surface area contributed by atoms with Crippen molar-refractivity contribution in [3.8, 4) is 0 Å². The summed E-state index contributed by atoms with van der Waals surface area (Å²) in [6, 6.07) is 0.353. The zero-order valence-electron chi connectivity index (χ0n) is 12.4. The summed E-state index contributed by atoms with van der Waals surface area (Å²) in [5, 5.41) is 9.98. The number of nitrogens with zero attached hydrogens (tertiary/aromatic N) is 2. The zero-order valence-corrected chi connectivity index (χ0v) is 12.4. The number of aromatic amines is 1. The fourth-order valence-corrected chi connectivity index (χ4v) is 3.29. The molecular weight excluding hydrogens is 284 g/mol. The molecule has 1 aliphatic heterocycles. The highest BCUT2D eigenvalue weighted by atomic mass is 16.6. The summed E-state index contributed by atoms with van der Waals surface area (Å²) in [6.07, 6.45) is 5.73. The number of hydrogen-bond donors (Lipinski definition) is 2. The van der Waals surface area contributed by atoms with Gasteiger partial charge in [0.25, 0.3) is 5.91 Å². The van der Waals surface area contributed by atoms with Gasteiger partial charge in [-0.05, 0) is 38.5 Å². The van der Waals surface area contributed by atoms with Crippen LogP contribution in [0.25, 0.3) is 0 Å². The number of fused-ring (bicyclic) bond motifs is 1. The molecule has 0 spiro atoms. The summed E-state index contributed by atoms with van der Waals surface area (Å²) in [4.78, 5) is 25.8. The van der Waals surface area contributed by atoms with Gasteiger partial charge in [0.1, 0.15) is 6.10 Å². The van der Waals surface area contributed by atoms with Crippen molar-refractivity contribution >= 4 is 12.0 Å². The normalized spacial score (nSPS) is 24.1. The molecule has 2 amide bonds. The number of ether oxygens (including phenoxy) is 1. The molecule has 7 heteroatoms. The van der Waals surface area contributed by atoms with Gasteiger partial charge in [0, 0.05) is 17.3 Å². The van der Waals surface area contributed by atoms with Gasteiger partial charge >= 0.3 is 6.09 Å². The summed E-state index contributed by atoms with van der Waals surface area (Å²) in [5.74, 6) is -0.180. The van der Waals surface area contributed by atoms with Crippen LogP contribution in [-0.4, -0.2) is 52.3 Å². The van der Waals surface area contributed by atoms with Crippen molar-refractivity contribution in [3.63, 3.8) is 0 Å². The topological polar surface area (TPSA) is 87.3 Å². The molecule has 0 radical (unpaired) electrons. The van der Waals surface area contributed by atoms with Gasteiger partial charge in [-0.3, -0.25) is 9.89 Å². The highest BCUT2D eigenvalue weighted by Gasteiger charge is 2.41. The third-order valence-corrected chi connectivity index (χ3v) is 4.65. The molecule has 1 unspecified atom stereocenters. The number of aromatic nitrogens is 2. The minimum atomic E-state index is -0.258. The Morgan fingerprint density at radius 3 is 3.00 bits per heavy atom. The Bertz CT molecular complexity index is 608. The molecular formula is C15H20N4O3. The molecule has 1 saturated heterocycles. The predicted octanol–water partition coefficient (Wildman–Crippen LogP) is 1.00. The number of aryl methyl sites for hydroxylation is 1. The van der Waals surface area contributed by atoms with E-state index < -0.39 is 0 Å². The molecule has 1 aromatic rings. The molecule has 2 aliphatic carbocycles. The quantitative estimate of drug-likeness (QED) is 0.869. The van der Waals surface area contributed by atoms with Gasteiger partial charge in [-0.15, -0.1) is 0 Å². The number of hydrogen-bond acceptors (Lipinski definition) is 4. The lowest BCUT2D eigenvalue weighted by molar-refractivity contribution is 0.0908. The van der Waals surface area contributed by atoms with Crippen LogP contribution in [0.5, 0.6) is 0 Å². The molecule has 22 heavy (non-hydrogen) atoms. The number of rotatable bonds is 4. The SMILES string of the molecule is O=C(NCC1CN(C2CC2)C(=O)O1)c1n[nH]c2c1CCCC2. The van der Waals surface area contributed by atoms with Crippen LogP contribution in [0.3, 0.4) is 0 Å². The van der Waals surface area contributed by atoms with Gasteiger partial charge in [0.05, 0.1) is 13.1 Å². The minimum absolute atomic E-state index is 0.180. The second-order valence-electron chi connectivity index (χ2n) is 6.34. The molecule has 1 atom stereocenters. The predicted molar refractivity (Wildman–Crippen MR) is 77.6 cm³/mol. The van der Waals surface area contributed by atoms with E-state index >= 15 is 0 Å². The lowest BCUT2D eigenvalue weighted by Gasteiger charge is -2.12. The van der Waals surface area contributed by atoms with Gasteiger partial charge in [0.2, 0.25) is 0 Å². The third-order valence-electron chi connectivity index (χ3n) is 4.65. The Morgan fingerprint density at radius 2 is 2.18 bits per heavy atom. The summed E-state index contributed by atoms with van der Waals surface area (Å²) >= 11 is 0. The maximum Gasteiger partial charge on any atom is 0.410 e. The van der Waals surface area contributed by atoms with Gasteiger partial charge in [-0.25, -0.2) is 4.79 Å². The molecule has 1 aromatic heterocycles. The molecule has 2 heterocycles. The van der Waals surface area contributed by atoms with Crippen LogP contribution >= 0.6 is 0 Å². The first kappa shape index (κ1) is 13.6. The second-order valence-corrected chi connectivity index (χ2v) is 6.34. The largest absolute Gasteiger partial charge is 0.442 e. The van der Waals surface area contributed by atoms with Crippen LogP contribution in [0.15, 0.2) is 0 Å². The minimum Gasteiger partial charge on any atom is -0.442 e. The first-order chi connectivity index (χ1) is 10.7. The maximum atomic E-state index is 12.3. The number of nitrogens with one attached hydrogen (secondary N) is 2. The maximum absolute atomic E-state index is 12.3. The zero-order chi connectivity index (χ0) is 15.1. The van der Waals surface area contributed by atoms with E-state index in [0.29, 0.717) is 24.8 Å². The monoisotopic (exact) mass is 304 g/mol. The summed E-state index contributed by atoms with van der Waals surface area (Å²) in [5.41, 5.74) is 2.63. The number of cyclic esters (lactones) is 1. The number of H-pyrrole nitrogens is 1. The molecule has 4 rings (SSSR count). The van der Waals surface area contributed by atoms with E-state index in [1.165, 1.54) is 0 Å². The number of carbonyl (C=O) groups excluding carboxylic acids is 2. The second kappa shape index (κ2) is 5.30. The van der Waals surface area contributed by atoms with Gasteiger partial charge in [-0.1, -0.05) is 0 Å². The molecule has 0 bridgehead atoms. The van der Waals surface area contributed by atoms with Crippen LogP contribution in [0.1, 0.15) is 47.4 Å². The highest BCUT2D eigenvalue weighted by Crippen LogP contribution is 2.30. The average Bonchev–Trinajstić information content (AvgIpc) is 3.16. The molecule has 0 aromatic carbocycles. The summed E-state index contributed by atoms with van der Waals surface area (Å²) < 4.78 is 5.30. The van der Waals surface area contributed by atoms with Crippen LogP contribution in [-0.2, 0) is 17.6 Å². The molecule has 2 fully saturated rings.